The second-order valence-electron chi connectivity index (χ2n) is 10.9. The zero-order valence-electron chi connectivity index (χ0n) is 24.3. The lowest BCUT2D eigenvalue weighted by Crippen LogP contribution is -2.32. The molecule has 0 aliphatic heterocycles. The van der Waals surface area contributed by atoms with E-state index in [1.165, 1.54) is 17.3 Å². The van der Waals surface area contributed by atoms with E-state index in [9.17, 15) is 18.0 Å². The number of nitrogens with one attached hydrogen (secondary N) is 2. The molecule has 0 saturated carbocycles. The molecule has 0 fully saturated rings. The zero-order chi connectivity index (χ0) is 30.0. The summed E-state index contributed by atoms with van der Waals surface area (Å²) in [4.78, 5) is 37.3. The Bertz CT molecular complexity index is 1800. The molecule has 220 valence electrons. The lowest BCUT2D eigenvalue weighted by atomic mass is 10.1. The molecular weight excluding hydrogens is 552 g/mol. The Balaban J connectivity index is 1.50. The molecule has 5 rings (SSSR count). The van der Waals surface area contributed by atoms with E-state index in [1.807, 2.05) is 44.3 Å². The number of sulfonamides is 1. The molecule has 0 atom stereocenters. The molecule has 1 aliphatic rings. The summed E-state index contributed by atoms with van der Waals surface area (Å²) in [6.07, 6.45) is 6.58. The molecule has 1 aliphatic carbocycles. The Morgan fingerprint density at radius 1 is 1.10 bits per heavy atom. The fourth-order valence-electron chi connectivity index (χ4n) is 5.26. The van der Waals surface area contributed by atoms with Crippen molar-refractivity contribution >= 4 is 38.6 Å². The zero-order valence-corrected chi connectivity index (χ0v) is 25.2. The van der Waals surface area contributed by atoms with Crippen molar-refractivity contribution in [1.29, 1.82) is 0 Å². The van der Waals surface area contributed by atoms with E-state index in [2.05, 4.69) is 27.2 Å². The van der Waals surface area contributed by atoms with Gasteiger partial charge < -0.3 is 14.8 Å². The van der Waals surface area contributed by atoms with Gasteiger partial charge in [-0.05, 0) is 87.4 Å². The normalized spacial score (nSPS) is 13.0. The van der Waals surface area contributed by atoms with Gasteiger partial charge in [-0.15, -0.1) is 0 Å². The third kappa shape index (κ3) is 6.22. The van der Waals surface area contributed by atoms with Gasteiger partial charge in [0.25, 0.3) is 5.91 Å². The highest BCUT2D eigenvalue weighted by Crippen LogP contribution is 2.27. The van der Waals surface area contributed by atoms with Crippen molar-refractivity contribution in [2.24, 2.45) is 0 Å². The fraction of sp³-hybridized carbons (Fsp3) is 0.355. The number of benzene rings is 2. The van der Waals surface area contributed by atoms with Crippen molar-refractivity contribution in [2.75, 3.05) is 24.2 Å². The second-order valence-corrected chi connectivity index (χ2v) is 12.8. The van der Waals surface area contributed by atoms with Crippen LogP contribution in [-0.2, 0) is 29.3 Å². The molecular formula is C31H36N6O4S. The van der Waals surface area contributed by atoms with Crippen LogP contribution in [-0.4, -0.2) is 54.2 Å². The summed E-state index contributed by atoms with van der Waals surface area (Å²) in [5.74, 6) is -0.0560. The van der Waals surface area contributed by atoms with Crippen molar-refractivity contribution in [3.8, 4) is 5.69 Å². The minimum absolute atomic E-state index is 0.00659. The first-order valence-electron chi connectivity index (χ1n) is 14.2. The number of carbonyl (C=O) groups is 1. The van der Waals surface area contributed by atoms with Crippen molar-refractivity contribution in [3.05, 3.63) is 87.3 Å². The van der Waals surface area contributed by atoms with Gasteiger partial charge in [-0.25, -0.2) is 18.1 Å². The van der Waals surface area contributed by atoms with Crippen LogP contribution in [0.1, 0.15) is 54.2 Å². The number of aromatic nitrogens is 3. The number of amides is 1. The topological polar surface area (TPSA) is 126 Å². The Hall–Kier alpha value is -4.09. The molecule has 2 N–H and O–H groups in total. The number of carbonyl (C=O) groups excluding carboxylic acids is 1. The SMILES string of the molecule is CCNC(=O)c1cn(-c2ccc3c(c2)CCC3)c2nc(N(C)c3ccc(CCS(=O)(=O)NC(C)C)cc3)ncc2c1=O. The first kappa shape index (κ1) is 29.4. The molecule has 1 amide bonds. The number of hydrogen-bond acceptors (Lipinski definition) is 7. The number of fused-ring (bicyclic) bond motifs is 2. The van der Waals surface area contributed by atoms with Gasteiger partial charge in [0.2, 0.25) is 21.4 Å². The summed E-state index contributed by atoms with van der Waals surface area (Å²) >= 11 is 0. The molecule has 0 radical (unpaired) electrons. The number of anilines is 2. The first-order chi connectivity index (χ1) is 20.1. The van der Waals surface area contributed by atoms with Gasteiger partial charge >= 0.3 is 0 Å². The third-order valence-electron chi connectivity index (χ3n) is 7.37. The van der Waals surface area contributed by atoms with E-state index in [0.29, 0.717) is 24.6 Å². The van der Waals surface area contributed by atoms with Crippen molar-refractivity contribution in [1.82, 2.24) is 24.6 Å². The van der Waals surface area contributed by atoms with E-state index in [-0.39, 0.29) is 22.7 Å². The predicted molar refractivity (Wildman–Crippen MR) is 165 cm³/mol. The largest absolute Gasteiger partial charge is 0.352 e. The lowest BCUT2D eigenvalue weighted by molar-refractivity contribution is 0.0954. The smallest absolute Gasteiger partial charge is 0.256 e. The molecule has 42 heavy (non-hydrogen) atoms. The molecule has 2 heterocycles. The standard InChI is InChI=1S/C31H36N6O4S/c1-5-32-30(39)27-19-37(25-14-11-22-7-6-8-23(22)17-25)29-26(28(27)38)18-33-31(34-29)36(4)24-12-9-21(10-13-24)15-16-42(40,41)35-20(2)3/h9-14,17-20,35H,5-8,15-16H2,1-4H3,(H,32,39). The van der Waals surface area contributed by atoms with Crippen LogP contribution in [0.2, 0.25) is 0 Å². The molecule has 0 saturated heterocycles. The second kappa shape index (κ2) is 12.0. The summed E-state index contributed by atoms with van der Waals surface area (Å²) in [5.41, 5.74) is 5.12. The molecule has 2 aromatic carbocycles. The fourth-order valence-corrected chi connectivity index (χ4v) is 6.60. The molecule has 2 aromatic heterocycles. The molecule has 0 unspecified atom stereocenters. The average Bonchev–Trinajstić information content (AvgIpc) is 3.44. The Morgan fingerprint density at radius 3 is 2.55 bits per heavy atom. The highest BCUT2D eigenvalue weighted by Gasteiger charge is 2.20. The lowest BCUT2D eigenvalue weighted by Gasteiger charge is -2.19. The first-order valence-corrected chi connectivity index (χ1v) is 15.9. The van der Waals surface area contributed by atoms with E-state index < -0.39 is 21.4 Å². The van der Waals surface area contributed by atoms with Crippen molar-refractivity contribution in [2.45, 2.75) is 52.5 Å². The molecule has 11 heteroatoms. The minimum Gasteiger partial charge on any atom is -0.352 e. The third-order valence-corrected chi connectivity index (χ3v) is 8.94. The average molecular weight is 589 g/mol. The number of hydrogen-bond donors (Lipinski definition) is 2. The molecule has 0 spiro atoms. The molecule has 10 nitrogen and oxygen atoms in total. The monoisotopic (exact) mass is 588 g/mol. The number of rotatable bonds is 10. The number of pyridine rings is 1. The van der Waals surface area contributed by atoms with E-state index in [0.717, 1.165) is 36.2 Å². The summed E-state index contributed by atoms with van der Waals surface area (Å²) in [6.45, 7) is 5.80. The van der Waals surface area contributed by atoms with Gasteiger partial charge in [-0.2, -0.15) is 4.98 Å². The van der Waals surface area contributed by atoms with Crippen molar-refractivity contribution in [3.63, 3.8) is 0 Å². The van der Waals surface area contributed by atoms with Crippen LogP contribution in [0.15, 0.2) is 59.7 Å². The van der Waals surface area contributed by atoms with Crippen LogP contribution in [0.4, 0.5) is 11.6 Å². The van der Waals surface area contributed by atoms with Crippen LogP contribution >= 0.6 is 0 Å². The molecule has 0 bridgehead atoms. The van der Waals surface area contributed by atoms with Crippen LogP contribution in [0, 0.1) is 0 Å². The summed E-state index contributed by atoms with van der Waals surface area (Å²) in [6, 6.07) is 13.6. The summed E-state index contributed by atoms with van der Waals surface area (Å²) < 4.78 is 28.8. The van der Waals surface area contributed by atoms with E-state index in [1.54, 1.807) is 29.5 Å². The summed E-state index contributed by atoms with van der Waals surface area (Å²) in [5, 5.41) is 2.98. The highest BCUT2D eigenvalue weighted by atomic mass is 32.2. The minimum atomic E-state index is -3.35. The van der Waals surface area contributed by atoms with Gasteiger partial charge in [0.1, 0.15) is 5.56 Å². The highest BCUT2D eigenvalue weighted by molar-refractivity contribution is 7.89. The predicted octanol–water partition coefficient (Wildman–Crippen LogP) is 3.66. The van der Waals surface area contributed by atoms with Crippen LogP contribution in [0.25, 0.3) is 16.7 Å². The summed E-state index contributed by atoms with van der Waals surface area (Å²) in [7, 11) is -1.52. The quantitative estimate of drug-likeness (QED) is 0.290. The number of aryl methyl sites for hydroxylation is 3. The van der Waals surface area contributed by atoms with Gasteiger partial charge in [-0.1, -0.05) is 18.2 Å². The van der Waals surface area contributed by atoms with Crippen molar-refractivity contribution < 1.29 is 13.2 Å². The maximum Gasteiger partial charge on any atom is 0.256 e. The van der Waals surface area contributed by atoms with Gasteiger partial charge in [0.05, 0.1) is 11.1 Å². The number of nitrogens with zero attached hydrogens (tertiary/aromatic N) is 4. The van der Waals surface area contributed by atoms with Gasteiger partial charge in [0, 0.05) is 43.4 Å². The Morgan fingerprint density at radius 2 is 1.83 bits per heavy atom. The van der Waals surface area contributed by atoms with Gasteiger partial charge in [0.15, 0.2) is 5.65 Å². The Kier molecular flexibility index (Phi) is 8.42. The van der Waals surface area contributed by atoms with Crippen LogP contribution < -0.4 is 20.4 Å². The van der Waals surface area contributed by atoms with Gasteiger partial charge in [-0.3, -0.25) is 9.59 Å². The Labute approximate surface area is 245 Å². The van der Waals surface area contributed by atoms with Crippen LogP contribution in [0.3, 0.4) is 0 Å². The maximum atomic E-state index is 13.4. The maximum absolute atomic E-state index is 13.4. The molecule has 4 aromatic rings. The van der Waals surface area contributed by atoms with Crippen LogP contribution in [0.5, 0.6) is 0 Å². The van der Waals surface area contributed by atoms with E-state index >= 15 is 0 Å². The van der Waals surface area contributed by atoms with E-state index in [4.69, 9.17) is 4.98 Å².